The molecule has 1 radical (unpaired) electrons. The highest BCUT2D eigenvalue weighted by molar-refractivity contribution is 7.21. The second-order valence-corrected chi connectivity index (χ2v) is 3.17. The summed E-state index contributed by atoms with van der Waals surface area (Å²) in [6.07, 6.45) is 0. The first-order chi connectivity index (χ1) is 5.79. The lowest BCUT2D eigenvalue weighted by Gasteiger charge is -1.94. The van der Waals surface area contributed by atoms with Gasteiger partial charge in [-0.05, 0) is 6.07 Å². The van der Waals surface area contributed by atoms with Crippen LogP contribution in [0.2, 0.25) is 0 Å². The summed E-state index contributed by atoms with van der Waals surface area (Å²) < 4.78 is 4.94. The zero-order chi connectivity index (χ0) is 8.55. The van der Waals surface area contributed by atoms with Crippen LogP contribution in [0.5, 0.6) is 5.88 Å². The molecule has 1 N–H and O–H groups in total. The quantitative estimate of drug-likeness (QED) is 0.669. The summed E-state index contributed by atoms with van der Waals surface area (Å²) in [6.45, 7) is 0. The number of fused-ring (bicyclic) bond motifs is 1. The minimum absolute atomic E-state index is 0.283. The number of thiazole rings is 1. The molecule has 0 bridgehead atoms. The standard InChI is InChI=1S/C7H6N3OS/c1-11-5-3-2-4-6(10-5)12-7(8)9-4/h2-3,8H,1H3. The number of hydrogen-bond donors (Lipinski definition) is 0. The van der Waals surface area contributed by atoms with Gasteiger partial charge in [-0.2, -0.15) is 0 Å². The number of pyridine rings is 1. The van der Waals surface area contributed by atoms with Crippen molar-refractivity contribution >= 4 is 26.8 Å². The third kappa shape index (κ3) is 1.08. The lowest BCUT2D eigenvalue weighted by atomic mass is 10.4. The number of nitrogens with one attached hydrogen (secondary N) is 1. The summed E-state index contributed by atoms with van der Waals surface area (Å²) in [5, 5.41) is 0.283. The molecule has 0 unspecified atom stereocenters. The van der Waals surface area contributed by atoms with Crippen LogP contribution in [-0.4, -0.2) is 17.1 Å². The van der Waals surface area contributed by atoms with Gasteiger partial charge in [-0.1, -0.05) is 11.3 Å². The molecule has 5 heteroatoms. The first-order valence-electron chi connectivity index (χ1n) is 3.33. The molecular formula is C7H6N3OS. The van der Waals surface area contributed by atoms with E-state index in [4.69, 9.17) is 10.5 Å². The fourth-order valence-electron chi connectivity index (χ4n) is 0.914. The maximum absolute atomic E-state index is 7.28. The summed E-state index contributed by atoms with van der Waals surface area (Å²) in [5.74, 6) is 0.561. The maximum atomic E-state index is 7.28. The number of aromatic nitrogens is 2. The normalized spacial score (nSPS) is 10.4. The van der Waals surface area contributed by atoms with Crippen molar-refractivity contribution < 1.29 is 4.74 Å². The minimum Gasteiger partial charge on any atom is -0.481 e. The van der Waals surface area contributed by atoms with Gasteiger partial charge in [0, 0.05) is 6.07 Å². The van der Waals surface area contributed by atoms with E-state index in [-0.39, 0.29) is 5.13 Å². The second-order valence-electron chi connectivity index (χ2n) is 2.20. The van der Waals surface area contributed by atoms with Crippen molar-refractivity contribution in [2.75, 3.05) is 7.11 Å². The molecule has 0 amide bonds. The van der Waals surface area contributed by atoms with Gasteiger partial charge in [-0.3, -0.25) is 5.73 Å². The Morgan fingerprint density at radius 3 is 3.00 bits per heavy atom. The van der Waals surface area contributed by atoms with E-state index in [1.807, 2.05) is 0 Å². The van der Waals surface area contributed by atoms with Crippen LogP contribution in [0.15, 0.2) is 12.1 Å². The lowest BCUT2D eigenvalue weighted by molar-refractivity contribution is 0.400. The van der Waals surface area contributed by atoms with Crippen LogP contribution in [0, 0.1) is 0 Å². The van der Waals surface area contributed by atoms with Crippen molar-refractivity contribution in [1.82, 2.24) is 15.7 Å². The third-order valence-electron chi connectivity index (χ3n) is 1.44. The molecule has 0 saturated carbocycles. The van der Waals surface area contributed by atoms with E-state index in [0.29, 0.717) is 5.88 Å². The van der Waals surface area contributed by atoms with Crippen molar-refractivity contribution in [1.29, 1.82) is 0 Å². The van der Waals surface area contributed by atoms with Gasteiger partial charge >= 0.3 is 0 Å². The van der Waals surface area contributed by atoms with Crippen molar-refractivity contribution in [3.63, 3.8) is 0 Å². The summed E-state index contributed by atoms with van der Waals surface area (Å²) in [5.41, 5.74) is 8.03. The van der Waals surface area contributed by atoms with E-state index in [9.17, 15) is 0 Å². The average Bonchev–Trinajstić information content (AvgIpc) is 2.43. The Morgan fingerprint density at radius 1 is 1.42 bits per heavy atom. The largest absolute Gasteiger partial charge is 0.481 e. The Morgan fingerprint density at radius 2 is 2.25 bits per heavy atom. The van der Waals surface area contributed by atoms with Crippen molar-refractivity contribution in [2.45, 2.75) is 0 Å². The van der Waals surface area contributed by atoms with Crippen LogP contribution in [0.1, 0.15) is 0 Å². The van der Waals surface area contributed by atoms with Gasteiger partial charge in [0.05, 0.1) is 7.11 Å². The fraction of sp³-hybridized carbons (Fsp3) is 0.143. The van der Waals surface area contributed by atoms with E-state index >= 15 is 0 Å². The molecule has 0 fully saturated rings. The van der Waals surface area contributed by atoms with Crippen LogP contribution >= 0.6 is 11.3 Å². The van der Waals surface area contributed by atoms with Gasteiger partial charge in [0.2, 0.25) is 11.0 Å². The van der Waals surface area contributed by atoms with Crippen LogP contribution < -0.4 is 10.5 Å². The van der Waals surface area contributed by atoms with Crippen LogP contribution in [0.4, 0.5) is 5.13 Å². The fourth-order valence-corrected chi connectivity index (χ4v) is 1.59. The Hall–Kier alpha value is -1.36. The third-order valence-corrected chi connectivity index (χ3v) is 2.22. The molecule has 0 atom stereocenters. The summed E-state index contributed by atoms with van der Waals surface area (Å²) in [7, 11) is 1.57. The summed E-state index contributed by atoms with van der Waals surface area (Å²) >= 11 is 1.25. The first-order valence-corrected chi connectivity index (χ1v) is 4.14. The van der Waals surface area contributed by atoms with Crippen LogP contribution in [0.25, 0.3) is 10.3 Å². The molecule has 2 aromatic rings. The van der Waals surface area contributed by atoms with Gasteiger partial charge in [0.1, 0.15) is 10.3 Å². The Bertz CT molecular complexity index is 412. The highest BCUT2D eigenvalue weighted by Crippen LogP contribution is 2.24. The van der Waals surface area contributed by atoms with Crippen LogP contribution in [-0.2, 0) is 0 Å². The highest BCUT2D eigenvalue weighted by atomic mass is 32.1. The predicted molar refractivity (Wildman–Crippen MR) is 46.7 cm³/mol. The molecule has 61 valence electrons. The molecule has 0 aliphatic rings. The van der Waals surface area contributed by atoms with Gasteiger partial charge in [-0.15, -0.1) is 0 Å². The smallest absolute Gasteiger partial charge is 0.214 e. The number of rotatable bonds is 1. The minimum atomic E-state index is 0.283. The van der Waals surface area contributed by atoms with Crippen molar-refractivity contribution in [2.24, 2.45) is 0 Å². The van der Waals surface area contributed by atoms with E-state index < -0.39 is 0 Å². The van der Waals surface area contributed by atoms with Gasteiger partial charge in [-0.25, -0.2) is 9.97 Å². The Labute approximate surface area is 73.0 Å². The average molecular weight is 180 g/mol. The maximum Gasteiger partial charge on any atom is 0.214 e. The molecule has 12 heavy (non-hydrogen) atoms. The first kappa shape index (κ1) is 7.30. The Kier molecular flexibility index (Phi) is 1.58. The Balaban J connectivity index is 2.66. The molecule has 0 aliphatic heterocycles. The highest BCUT2D eigenvalue weighted by Gasteiger charge is 2.03. The summed E-state index contributed by atoms with van der Waals surface area (Å²) in [6, 6.07) is 3.54. The van der Waals surface area contributed by atoms with Crippen molar-refractivity contribution in [3.05, 3.63) is 12.1 Å². The molecule has 0 aliphatic carbocycles. The van der Waals surface area contributed by atoms with E-state index in [1.165, 1.54) is 11.3 Å². The molecule has 0 aromatic carbocycles. The number of ether oxygens (including phenoxy) is 1. The van der Waals surface area contributed by atoms with E-state index in [1.54, 1.807) is 19.2 Å². The molecule has 2 aromatic heterocycles. The van der Waals surface area contributed by atoms with Gasteiger partial charge in [0.15, 0.2) is 0 Å². The molecule has 0 spiro atoms. The molecule has 2 heterocycles. The van der Waals surface area contributed by atoms with Gasteiger partial charge < -0.3 is 4.74 Å². The topological polar surface area (TPSA) is 58.8 Å². The number of methoxy groups -OCH3 is 1. The monoisotopic (exact) mass is 180 g/mol. The molecule has 0 saturated heterocycles. The lowest BCUT2D eigenvalue weighted by Crippen LogP contribution is -1.85. The van der Waals surface area contributed by atoms with Gasteiger partial charge in [0.25, 0.3) is 0 Å². The number of nitrogens with zero attached hydrogens (tertiary/aromatic N) is 2. The SMILES string of the molecule is COc1ccc2nc([NH])sc2n1. The zero-order valence-corrected chi connectivity index (χ0v) is 7.18. The zero-order valence-electron chi connectivity index (χ0n) is 6.37. The predicted octanol–water partition coefficient (Wildman–Crippen LogP) is 1.61. The molecule has 4 nitrogen and oxygen atoms in total. The molecular weight excluding hydrogens is 174 g/mol. The van der Waals surface area contributed by atoms with E-state index in [0.717, 1.165) is 10.3 Å². The van der Waals surface area contributed by atoms with Crippen molar-refractivity contribution in [3.8, 4) is 5.88 Å². The summed E-state index contributed by atoms with van der Waals surface area (Å²) in [4.78, 5) is 8.83. The van der Waals surface area contributed by atoms with Crippen LogP contribution in [0.3, 0.4) is 0 Å². The molecule has 2 rings (SSSR count). The number of hydrogen-bond acceptors (Lipinski definition) is 4. The second kappa shape index (κ2) is 2.60. The van der Waals surface area contributed by atoms with E-state index in [2.05, 4.69) is 9.97 Å².